The van der Waals surface area contributed by atoms with Gasteiger partial charge in [-0.1, -0.05) is 97.4 Å². The van der Waals surface area contributed by atoms with E-state index in [2.05, 4.69) is 42.0 Å². The molecule has 6 nitrogen and oxygen atoms in total. The normalized spacial score (nSPS) is 14.7. The summed E-state index contributed by atoms with van der Waals surface area (Å²) in [5.41, 5.74) is 2.72. The van der Waals surface area contributed by atoms with Crippen LogP contribution in [0.5, 0.6) is 11.5 Å². The number of amides is 1. The average Bonchev–Trinajstić information content (AvgIpc) is 2.95. The number of esters is 1. The fourth-order valence-corrected chi connectivity index (χ4v) is 5.48. The van der Waals surface area contributed by atoms with Crippen molar-refractivity contribution in [2.75, 3.05) is 13.2 Å². The van der Waals surface area contributed by atoms with E-state index in [1.807, 2.05) is 84.9 Å². The number of nitrogens with one attached hydrogen (secondary N) is 1. The highest BCUT2D eigenvalue weighted by atomic mass is 79.9. The van der Waals surface area contributed by atoms with E-state index in [1.165, 1.54) is 0 Å². The summed E-state index contributed by atoms with van der Waals surface area (Å²) in [5, 5.41) is 4.80. The van der Waals surface area contributed by atoms with E-state index in [9.17, 15) is 9.59 Å². The van der Waals surface area contributed by atoms with Gasteiger partial charge in [0.15, 0.2) is 6.61 Å². The van der Waals surface area contributed by atoms with Crippen molar-refractivity contribution in [3.05, 3.63) is 118 Å². The van der Waals surface area contributed by atoms with E-state index in [0.717, 1.165) is 31.9 Å². The Morgan fingerprint density at radius 2 is 1.68 bits per heavy atom. The standard InChI is InChI=1S/C34H32BrNO5/c1-5-39-33(38)31-29(22-12-7-6-8-13-22)30-24-14-10-9-11-21(24)15-17-27(30)41-32(31)36-28(37)20-40-26-18-16-23(35)19-25(26)34(2,3)4/h6-19,29H,5,20H2,1-4H3,(H,36,37). The lowest BCUT2D eigenvalue weighted by molar-refractivity contribution is -0.139. The zero-order valence-corrected chi connectivity index (χ0v) is 25.1. The summed E-state index contributed by atoms with van der Waals surface area (Å²) in [5.74, 6) is -0.329. The second-order valence-corrected chi connectivity index (χ2v) is 11.8. The lowest BCUT2D eigenvalue weighted by atomic mass is 9.80. The molecule has 1 atom stereocenters. The number of fused-ring (bicyclic) bond motifs is 3. The minimum atomic E-state index is -0.556. The summed E-state index contributed by atoms with van der Waals surface area (Å²) in [6, 6.07) is 27.2. The highest BCUT2D eigenvalue weighted by molar-refractivity contribution is 9.10. The molecule has 0 saturated carbocycles. The van der Waals surface area contributed by atoms with Gasteiger partial charge in [0.2, 0.25) is 5.88 Å². The molecule has 1 aliphatic heterocycles. The largest absolute Gasteiger partial charge is 0.483 e. The second-order valence-electron chi connectivity index (χ2n) is 10.8. The van der Waals surface area contributed by atoms with E-state index in [0.29, 0.717) is 11.5 Å². The molecule has 0 bridgehead atoms. The van der Waals surface area contributed by atoms with Crippen LogP contribution in [0.15, 0.2) is 101 Å². The van der Waals surface area contributed by atoms with Crippen molar-refractivity contribution in [1.82, 2.24) is 5.32 Å². The van der Waals surface area contributed by atoms with Crippen molar-refractivity contribution in [3.8, 4) is 11.5 Å². The molecule has 41 heavy (non-hydrogen) atoms. The van der Waals surface area contributed by atoms with Crippen molar-refractivity contribution in [2.45, 2.75) is 39.0 Å². The first kappa shape index (κ1) is 28.4. The molecule has 0 aliphatic carbocycles. The van der Waals surface area contributed by atoms with Gasteiger partial charge in [0.05, 0.1) is 12.5 Å². The Morgan fingerprint density at radius 1 is 0.951 bits per heavy atom. The predicted octanol–water partition coefficient (Wildman–Crippen LogP) is 7.39. The maximum Gasteiger partial charge on any atom is 0.340 e. The summed E-state index contributed by atoms with van der Waals surface area (Å²) in [7, 11) is 0. The van der Waals surface area contributed by atoms with Crippen LogP contribution in [0.25, 0.3) is 10.8 Å². The summed E-state index contributed by atoms with van der Waals surface area (Å²) in [4.78, 5) is 26.8. The van der Waals surface area contributed by atoms with Crippen LogP contribution in [0.1, 0.15) is 50.3 Å². The number of rotatable bonds is 7. The van der Waals surface area contributed by atoms with E-state index in [-0.39, 0.29) is 30.1 Å². The number of hydrogen-bond donors (Lipinski definition) is 1. The third-order valence-corrected chi connectivity index (χ3v) is 7.45. The molecule has 1 amide bonds. The van der Waals surface area contributed by atoms with Crippen LogP contribution in [0.4, 0.5) is 0 Å². The Bertz CT molecular complexity index is 1640. The van der Waals surface area contributed by atoms with E-state index >= 15 is 0 Å². The highest BCUT2D eigenvalue weighted by Crippen LogP contribution is 2.46. The summed E-state index contributed by atoms with van der Waals surface area (Å²) >= 11 is 3.52. The molecule has 1 aliphatic rings. The van der Waals surface area contributed by atoms with Gasteiger partial charge in [-0.3, -0.25) is 10.1 Å². The van der Waals surface area contributed by atoms with Crippen LogP contribution in [0, 0.1) is 0 Å². The average molecular weight is 615 g/mol. The molecule has 1 N–H and O–H groups in total. The number of benzene rings is 4. The smallest absolute Gasteiger partial charge is 0.340 e. The maximum absolute atomic E-state index is 13.5. The van der Waals surface area contributed by atoms with Gasteiger partial charge in [0.1, 0.15) is 17.1 Å². The number of halogens is 1. The van der Waals surface area contributed by atoms with Crippen LogP contribution in [0.3, 0.4) is 0 Å². The van der Waals surface area contributed by atoms with Gasteiger partial charge in [0.25, 0.3) is 5.91 Å². The van der Waals surface area contributed by atoms with Crippen molar-refractivity contribution in [1.29, 1.82) is 0 Å². The van der Waals surface area contributed by atoms with Crippen LogP contribution in [-0.4, -0.2) is 25.1 Å². The first-order chi connectivity index (χ1) is 19.7. The fraction of sp³-hybridized carbons (Fsp3) is 0.235. The molecule has 4 aromatic carbocycles. The van der Waals surface area contributed by atoms with E-state index in [1.54, 1.807) is 6.92 Å². The molecule has 0 spiro atoms. The molecule has 0 saturated heterocycles. The molecule has 1 heterocycles. The van der Waals surface area contributed by atoms with Gasteiger partial charge in [-0.25, -0.2) is 4.79 Å². The van der Waals surface area contributed by atoms with Gasteiger partial charge >= 0.3 is 5.97 Å². The Kier molecular flexibility index (Phi) is 8.18. The SMILES string of the molecule is CCOC(=O)C1=C(NC(=O)COc2ccc(Br)cc2C(C)(C)C)Oc2ccc3ccccc3c2C1c1ccccc1. The van der Waals surface area contributed by atoms with Gasteiger partial charge in [0, 0.05) is 15.6 Å². The van der Waals surface area contributed by atoms with Crippen LogP contribution in [-0.2, 0) is 19.7 Å². The van der Waals surface area contributed by atoms with Crippen molar-refractivity contribution in [2.24, 2.45) is 0 Å². The minimum absolute atomic E-state index is 0.0422. The maximum atomic E-state index is 13.5. The zero-order valence-electron chi connectivity index (χ0n) is 23.5. The first-order valence-electron chi connectivity index (χ1n) is 13.6. The van der Waals surface area contributed by atoms with Crippen LogP contribution < -0.4 is 14.8 Å². The molecule has 0 fully saturated rings. The molecule has 7 heteroatoms. The number of ether oxygens (including phenoxy) is 3. The Labute approximate surface area is 248 Å². The third kappa shape index (κ3) is 6.00. The highest BCUT2D eigenvalue weighted by Gasteiger charge is 2.38. The Morgan fingerprint density at radius 3 is 2.41 bits per heavy atom. The van der Waals surface area contributed by atoms with Crippen molar-refractivity contribution >= 4 is 38.6 Å². The fourth-order valence-electron chi connectivity index (χ4n) is 5.11. The zero-order chi connectivity index (χ0) is 29.1. The molecule has 5 rings (SSSR count). The molecule has 0 aromatic heterocycles. The van der Waals surface area contributed by atoms with Crippen LogP contribution in [0.2, 0.25) is 0 Å². The molecular formula is C34H32BrNO5. The van der Waals surface area contributed by atoms with Gasteiger partial charge in [-0.2, -0.15) is 0 Å². The van der Waals surface area contributed by atoms with Crippen molar-refractivity contribution < 1.29 is 23.8 Å². The number of carbonyl (C=O) groups is 2. The number of hydrogen-bond acceptors (Lipinski definition) is 5. The molecule has 1 unspecified atom stereocenters. The van der Waals surface area contributed by atoms with Gasteiger partial charge in [-0.15, -0.1) is 0 Å². The molecule has 0 radical (unpaired) electrons. The predicted molar refractivity (Wildman–Crippen MR) is 163 cm³/mol. The number of carbonyl (C=O) groups excluding carboxylic acids is 2. The van der Waals surface area contributed by atoms with Gasteiger partial charge in [-0.05, 0) is 52.9 Å². The molecule has 210 valence electrons. The van der Waals surface area contributed by atoms with E-state index < -0.39 is 17.8 Å². The third-order valence-electron chi connectivity index (χ3n) is 6.95. The molecular weight excluding hydrogens is 582 g/mol. The minimum Gasteiger partial charge on any atom is -0.483 e. The topological polar surface area (TPSA) is 73.9 Å². The van der Waals surface area contributed by atoms with E-state index in [4.69, 9.17) is 14.2 Å². The summed E-state index contributed by atoms with van der Waals surface area (Å²) in [6.45, 7) is 7.90. The lowest BCUT2D eigenvalue weighted by Crippen LogP contribution is -2.36. The molecule has 4 aromatic rings. The lowest BCUT2D eigenvalue weighted by Gasteiger charge is -2.31. The van der Waals surface area contributed by atoms with Gasteiger partial charge < -0.3 is 14.2 Å². The Balaban J connectivity index is 1.55. The monoisotopic (exact) mass is 613 g/mol. The quantitative estimate of drug-likeness (QED) is 0.220. The Hall–Kier alpha value is -4.10. The second kappa shape index (κ2) is 11.8. The van der Waals surface area contributed by atoms with Crippen molar-refractivity contribution in [3.63, 3.8) is 0 Å². The van der Waals surface area contributed by atoms with Crippen LogP contribution >= 0.6 is 15.9 Å². The summed E-state index contributed by atoms with van der Waals surface area (Å²) < 4.78 is 18.7. The first-order valence-corrected chi connectivity index (χ1v) is 14.3. The summed E-state index contributed by atoms with van der Waals surface area (Å²) in [6.07, 6.45) is 0.